The number of rotatable bonds is 3. The molecule has 0 unspecified atom stereocenters. The Kier molecular flexibility index (Phi) is 4.32. The predicted octanol–water partition coefficient (Wildman–Crippen LogP) is 2.70. The highest BCUT2D eigenvalue weighted by Gasteiger charge is 2.04. The van der Waals surface area contributed by atoms with E-state index in [2.05, 4.69) is 30.8 Å². The van der Waals surface area contributed by atoms with E-state index in [4.69, 9.17) is 11.6 Å². The first kappa shape index (κ1) is 16.1. The highest BCUT2D eigenvalue weighted by Crippen LogP contribution is 2.14. The molecule has 0 spiro atoms. The summed E-state index contributed by atoms with van der Waals surface area (Å²) in [5, 5.41) is 7.81. The van der Waals surface area contributed by atoms with Gasteiger partial charge in [0, 0.05) is 16.9 Å². The number of aryl methyl sites for hydroxylation is 2. The van der Waals surface area contributed by atoms with E-state index in [0.29, 0.717) is 21.3 Å². The molecule has 0 radical (unpaired) electrons. The molecule has 0 fully saturated rings. The van der Waals surface area contributed by atoms with Crippen molar-refractivity contribution in [3.05, 3.63) is 79.5 Å². The van der Waals surface area contributed by atoms with Crippen molar-refractivity contribution >= 4 is 30.1 Å². The molecular formula is C19H18ClN3O. The van der Waals surface area contributed by atoms with Crippen molar-refractivity contribution in [1.82, 2.24) is 9.78 Å². The third-order valence-corrected chi connectivity index (χ3v) is 4.23. The Balaban J connectivity index is 1.99. The summed E-state index contributed by atoms with van der Waals surface area (Å²) in [7, 11) is 0. The van der Waals surface area contributed by atoms with Crippen molar-refractivity contribution in [1.29, 1.82) is 0 Å². The van der Waals surface area contributed by atoms with Crippen LogP contribution in [0.5, 0.6) is 0 Å². The van der Waals surface area contributed by atoms with Gasteiger partial charge in [0.1, 0.15) is 0 Å². The molecule has 122 valence electrons. The average Bonchev–Trinajstić information content (AvgIpc) is 2.84. The van der Waals surface area contributed by atoms with Gasteiger partial charge in [-0.25, -0.2) is 4.68 Å². The second-order valence-corrected chi connectivity index (χ2v) is 6.15. The molecule has 1 heterocycles. The maximum Gasteiger partial charge on any atom is 0.280 e. The summed E-state index contributed by atoms with van der Waals surface area (Å²) in [6, 6.07) is 13.1. The van der Waals surface area contributed by atoms with Crippen LogP contribution in [0.1, 0.15) is 11.1 Å². The lowest BCUT2D eigenvalue weighted by atomic mass is 10.1. The lowest BCUT2D eigenvalue weighted by Crippen LogP contribution is -2.34. The third-order valence-electron chi connectivity index (χ3n) is 3.98. The monoisotopic (exact) mass is 339 g/mol. The van der Waals surface area contributed by atoms with Gasteiger partial charge in [-0.2, -0.15) is 0 Å². The van der Waals surface area contributed by atoms with Gasteiger partial charge < -0.3 is 5.32 Å². The fourth-order valence-electron chi connectivity index (χ4n) is 2.40. The SMILES string of the molecule is C=c1[nH]n(-c2ccc(Cl)cc2)c(=O)c1=CNc1ccc(C)c(C)c1. The van der Waals surface area contributed by atoms with Gasteiger partial charge >= 0.3 is 0 Å². The summed E-state index contributed by atoms with van der Waals surface area (Å²) < 4.78 is 1.45. The second-order valence-electron chi connectivity index (χ2n) is 5.71. The van der Waals surface area contributed by atoms with Crippen LogP contribution in [0.3, 0.4) is 0 Å². The van der Waals surface area contributed by atoms with E-state index in [-0.39, 0.29) is 5.56 Å². The van der Waals surface area contributed by atoms with E-state index in [1.54, 1.807) is 30.5 Å². The number of hydrogen-bond donors (Lipinski definition) is 2. The van der Waals surface area contributed by atoms with Gasteiger partial charge in [0.2, 0.25) is 0 Å². The molecule has 0 aliphatic rings. The van der Waals surface area contributed by atoms with Crippen LogP contribution in [-0.4, -0.2) is 9.78 Å². The van der Waals surface area contributed by atoms with Crippen LogP contribution in [0.4, 0.5) is 5.69 Å². The van der Waals surface area contributed by atoms with E-state index in [1.807, 2.05) is 18.2 Å². The fourth-order valence-corrected chi connectivity index (χ4v) is 2.53. The maximum atomic E-state index is 12.6. The zero-order valence-electron chi connectivity index (χ0n) is 13.6. The normalized spacial score (nSPS) is 11.7. The smallest absolute Gasteiger partial charge is 0.280 e. The lowest BCUT2D eigenvalue weighted by Gasteiger charge is -2.04. The number of halogens is 1. The number of hydrogen-bond acceptors (Lipinski definition) is 2. The van der Waals surface area contributed by atoms with Crippen LogP contribution < -0.4 is 21.4 Å². The summed E-state index contributed by atoms with van der Waals surface area (Å²) in [6.45, 7) is 8.03. The number of nitrogens with one attached hydrogen (secondary N) is 2. The highest BCUT2D eigenvalue weighted by atomic mass is 35.5. The molecule has 0 bridgehead atoms. The number of benzene rings is 2. The van der Waals surface area contributed by atoms with Crippen molar-refractivity contribution in [2.45, 2.75) is 13.8 Å². The molecule has 3 aromatic rings. The summed E-state index contributed by atoms with van der Waals surface area (Å²) >= 11 is 5.89. The van der Waals surface area contributed by atoms with Crippen LogP contribution in [0.15, 0.2) is 47.3 Å². The topological polar surface area (TPSA) is 49.8 Å². The van der Waals surface area contributed by atoms with Gasteiger partial charge in [-0.05, 0) is 61.4 Å². The first-order valence-corrected chi connectivity index (χ1v) is 7.93. The van der Waals surface area contributed by atoms with Crippen molar-refractivity contribution < 1.29 is 0 Å². The van der Waals surface area contributed by atoms with Crippen LogP contribution in [0.25, 0.3) is 18.5 Å². The van der Waals surface area contributed by atoms with E-state index in [9.17, 15) is 4.79 Å². The summed E-state index contributed by atoms with van der Waals surface area (Å²) in [6.07, 6.45) is 1.68. The first-order chi connectivity index (χ1) is 11.5. The minimum absolute atomic E-state index is 0.168. The van der Waals surface area contributed by atoms with Gasteiger partial charge in [0.25, 0.3) is 5.56 Å². The van der Waals surface area contributed by atoms with Crippen LogP contribution in [0.2, 0.25) is 5.02 Å². The Bertz CT molecular complexity index is 1050. The Morgan fingerprint density at radius 3 is 2.50 bits per heavy atom. The van der Waals surface area contributed by atoms with Gasteiger partial charge in [0.05, 0.1) is 16.3 Å². The zero-order chi connectivity index (χ0) is 17.3. The number of nitrogens with zero attached hydrogens (tertiary/aromatic N) is 1. The Labute approximate surface area is 144 Å². The van der Waals surface area contributed by atoms with Crippen molar-refractivity contribution in [2.75, 3.05) is 5.32 Å². The molecule has 0 aliphatic heterocycles. The van der Waals surface area contributed by atoms with Gasteiger partial charge in [0.15, 0.2) is 0 Å². The van der Waals surface area contributed by atoms with Crippen LogP contribution in [-0.2, 0) is 0 Å². The molecule has 4 nitrogen and oxygen atoms in total. The third kappa shape index (κ3) is 3.14. The Hall–Kier alpha value is -2.72. The molecule has 0 aliphatic carbocycles. The van der Waals surface area contributed by atoms with E-state index >= 15 is 0 Å². The van der Waals surface area contributed by atoms with Crippen LogP contribution in [0, 0.1) is 13.8 Å². The molecule has 0 atom stereocenters. The van der Waals surface area contributed by atoms with E-state index in [1.165, 1.54) is 15.8 Å². The maximum absolute atomic E-state index is 12.6. The number of aromatic nitrogens is 2. The van der Waals surface area contributed by atoms with Crippen molar-refractivity contribution in [3.63, 3.8) is 0 Å². The number of H-pyrrole nitrogens is 1. The summed E-state index contributed by atoms with van der Waals surface area (Å²) in [5.74, 6) is 0. The summed E-state index contributed by atoms with van der Waals surface area (Å²) in [5.41, 5.74) is 3.89. The molecule has 1 aromatic heterocycles. The van der Waals surface area contributed by atoms with Gasteiger partial charge in [-0.15, -0.1) is 0 Å². The van der Waals surface area contributed by atoms with E-state index < -0.39 is 0 Å². The second kappa shape index (κ2) is 6.42. The molecular weight excluding hydrogens is 322 g/mol. The molecule has 0 saturated heterocycles. The quantitative estimate of drug-likeness (QED) is 0.771. The van der Waals surface area contributed by atoms with Crippen molar-refractivity contribution in [2.24, 2.45) is 0 Å². The molecule has 0 amide bonds. The minimum Gasteiger partial charge on any atom is -0.361 e. The molecule has 2 aromatic carbocycles. The minimum atomic E-state index is -0.168. The standard InChI is InChI=1S/C19H18ClN3O/c1-12-4-7-16(10-13(12)2)21-11-18-14(3)22-23(19(18)24)17-8-5-15(20)6-9-17/h4-11,21-22H,3H2,1-2H3. The summed E-state index contributed by atoms with van der Waals surface area (Å²) in [4.78, 5) is 12.6. The highest BCUT2D eigenvalue weighted by molar-refractivity contribution is 6.30. The van der Waals surface area contributed by atoms with Gasteiger partial charge in [-0.3, -0.25) is 9.89 Å². The molecule has 24 heavy (non-hydrogen) atoms. The largest absolute Gasteiger partial charge is 0.361 e. The first-order valence-electron chi connectivity index (χ1n) is 7.55. The van der Waals surface area contributed by atoms with Crippen molar-refractivity contribution in [3.8, 4) is 5.69 Å². The predicted molar refractivity (Wildman–Crippen MR) is 100 cm³/mol. The zero-order valence-corrected chi connectivity index (χ0v) is 14.3. The molecule has 5 heteroatoms. The van der Waals surface area contributed by atoms with E-state index in [0.717, 1.165) is 5.69 Å². The fraction of sp³-hybridized carbons (Fsp3) is 0.105. The number of aromatic amines is 1. The van der Waals surface area contributed by atoms with Crippen LogP contribution >= 0.6 is 11.6 Å². The average molecular weight is 340 g/mol. The number of anilines is 1. The lowest BCUT2D eigenvalue weighted by molar-refractivity contribution is 0.838. The molecule has 2 N–H and O–H groups in total. The Morgan fingerprint density at radius 2 is 1.83 bits per heavy atom. The Morgan fingerprint density at radius 1 is 1.12 bits per heavy atom. The molecule has 0 saturated carbocycles. The molecule has 3 rings (SSSR count). The van der Waals surface area contributed by atoms with Gasteiger partial charge in [-0.1, -0.05) is 24.2 Å².